The lowest BCUT2D eigenvalue weighted by Gasteiger charge is -2.48. The van der Waals surface area contributed by atoms with Gasteiger partial charge in [-0.15, -0.1) is 4.98 Å². The van der Waals surface area contributed by atoms with Crippen LogP contribution in [-0.4, -0.2) is 47.3 Å². The largest absolute Gasteiger partial charge is 0.467 e. The summed E-state index contributed by atoms with van der Waals surface area (Å²) < 4.78 is 10.1. The molecule has 1 saturated carbocycles. The van der Waals surface area contributed by atoms with Crippen molar-refractivity contribution < 1.29 is 9.47 Å². The van der Waals surface area contributed by atoms with Crippen molar-refractivity contribution in [2.75, 3.05) is 26.1 Å². The second-order valence-electron chi connectivity index (χ2n) is 5.53. The molecular weight excluding hydrogens is 258 g/mol. The minimum atomic E-state index is 0.270. The smallest absolute Gasteiger partial charge is 0.324 e. The molecule has 2 fully saturated rings. The summed E-state index contributed by atoms with van der Waals surface area (Å²) in [5.41, 5.74) is 0.344. The van der Waals surface area contributed by atoms with E-state index in [1.165, 1.54) is 33.5 Å². The Hall–Kier alpha value is -1.63. The molecule has 1 aromatic heterocycles. The van der Waals surface area contributed by atoms with Crippen molar-refractivity contribution in [2.24, 2.45) is 0 Å². The van der Waals surface area contributed by atoms with Crippen LogP contribution in [0.3, 0.4) is 0 Å². The Labute approximate surface area is 118 Å². The predicted molar refractivity (Wildman–Crippen MR) is 74.2 cm³/mol. The van der Waals surface area contributed by atoms with Crippen molar-refractivity contribution in [3.8, 4) is 12.0 Å². The molecule has 1 aliphatic carbocycles. The molecule has 2 N–H and O–H groups in total. The van der Waals surface area contributed by atoms with Crippen LogP contribution in [-0.2, 0) is 0 Å². The molecule has 0 radical (unpaired) electrons. The lowest BCUT2D eigenvalue weighted by Crippen LogP contribution is -2.58. The third-order valence-corrected chi connectivity index (χ3v) is 4.23. The predicted octanol–water partition coefficient (Wildman–Crippen LogP) is 0.975. The highest BCUT2D eigenvalue weighted by Crippen LogP contribution is 2.38. The third-order valence-electron chi connectivity index (χ3n) is 4.23. The standard InChI is InChI=1S/C13H21N5O2/c1-19-11-16-10(17-12(18-11)20-2)15-9-4-7-14-13(8-9)5-3-6-13/h9,14H,3-8H2,1-2H3,(H,15,16,17,18). The van der Waals surface area contributed by atoms with Gasteiger partial charge in [0.25, 0.3) is 0 Å². The number of anilines is 1. The van der Waals surface area contributed by atoms with Crippen molar-refractivity contribution in [1.29, 1.82) is 0 Å². The summed E-state index contributed by atoms with van der Waals surface area (Å²) >= 11 is 0. The van der Waals surface area contributed by atoms with Crippen molar-refractivity contribution >= 4 is 5.95 Å². The Balaban J connectivity index is 1.70. The molecule has 110 valence electrons. The first-order valence-corrected chi connectivity index (χ1v) is 7.09. The maximum atomic E-state index is 5.07. The number of nitrogens with one attached hydrogen (secondary N) is 2. The van der Waals surface area contributed by atoms with Gasteiger partial charge in [0.05, 0.1) is 14.2 Å². The molecule has 0 aromatic carbocycles. The highest BCUT2D eigenvalue weighted by Gasteiger charge is 2.41. The van der Waals surface area contributed by atoms with Gasteiger partial charge in [-0.25, -0.2) is 0 Å². The molecule has 0 bridgehead atoms. The lowest BCUT2D eigenvalue weighted by atomic mass is 9.70. The van der Waals surface area contributed by atoms with Crippen LogP contribution in [0.5, 0.6) is 12.0 Å². The van der Waals surface area contributed by atoms with Crippen molar-refractivity contribution in [1.82, 2.24) is 20.3 Å². The van der Waals surface area contributed by atoms with Crippen molar-refractivity contribution in [3.05, 3.63) is 0 Å². The first-order valence-electron chi connectivity index (χ1n) is 7.09. The topological polar surface area (TPSA) is 81.2 Å². The molecule has 1 aromatic rings. The van der Waals surface area contributed by atoms with E-state index >= 15 is 0 Å². The summed E-state index contributed by atoms with van der Waals surface area (Å²) in [4.78, 5) is 12.5. The molecule has 1 spiro atoms. The Morgan fingerprint density at radius 1 is 1.15 bits per heavy atom. The summed E-state index contributed by atoms with van der Waals surface area (Å²) in [6.45, 7) is 1.04. The monoisotopic (exact) mass is 279 g/mol. The van der Waals surface area contributed by atoms with Crippen LogP contribution in [0.25, 0.3) is 0 Å². The van der Waals surface area contributed by atoms with Gasteiger partial charge in [-0.2, -0.15) is 9.97 Å². The zero-order valence-corrected chi connectivity index (χ0v) is 12.0. The third kappa shape index (κ3) is 2.63. The molecule has 7 nitrogen and oxygen atoms in total. The molecular formula is C13H21N5O2. The van der Waals surface area contributed by atoms with E-state index in [-0.39, 0.29) is 12.0 Å². The van der Waals surface area contributed by atoms with Crippen LogP contribution in [0.1, 0.15) is 32.1 Å². The summed E-state index contributed by atoms with van der Waals surface area (Å²) in [6, 6.07) is 0.923. The van der Waals surface area contributed by atoms with Crippen LogP contribution in [0.4, 0.5) is 5.95 Å². The number of rotatable bonds is 4. The minimum Gasteiger partial charge on any atom is -0.467 e. The van der Waals surface area contributed by atoms with Crippen molar-refractivity contribution in [3.63, 3.8) is 0 Å². The van der Waals surface area contributed by atoms with Crippen LogP contribution in [0.2, 0.25) is 0 Å². The Morgan fingerprint density at radius 3 is 2.40 bits per heavy atom. The minimum absolute atomic E-state index is 0.270. The van der Waals surface area contributed by atoms with E-state index in [2.05, 4.69) is 25.6 Å². The van der Waals surface area contributed by atoms with E-state index < -0.39 is 0 Å². The van der Waals surface area contributed by atoms with Crippen LogP contribution in [0, 0.1) is 0 Å². The van der Waals surface area contributed by atoms with E-state index in [0.29, 0.717) is 17.5 Å². The number of aromatic nitrogens is 3. The maximum absolute atomic E-state index is 5.07. The van der Waals surface area contributed by atoms with Crippen molar-refractivity contribution in [2.45, 2.75) is 43.7 Å². The maximum Gasteiger partial charge on any atom is 0.324 e. The molecule has 1 atom stereocenters. The fourth-order valence-corrected chi connectivity index (χ4v) is 3.03. The summed E-state index contributed by atoms with van der Waals surface area (Å²) in [6.07, 6.45) is 6.05. The van der Waals surface area contributed by atoms with Gasteiger partial charge in [0.15, 0.2) is 0 Å². The van der Waals surface area contributed by atoms with E-state index in [1.54, 1.807) is 0 Å². The quantitative estimate of drug-likeness (QED) is 0.850. The van der Waals surface area contributed by atoms with Gasteiger partial charge in [0, 0.05) is 11.6 Å². The second kappa shape index (κ2) is 5.40. The van der Waals surface area contributed by atoms with E-state index in [0.717, 1.165) is 19.4 Å². The SMILES string of the molecule is COc1nc(NC2CCNC3(CCC3)C2)nc(OC)n1. The number of hydrogen-bond acceptors (Lipinski definition) is 7. The molecule has 1 saturated heterocycles. The summed E-state index contributed by atoms with van der Waals surface area (Å²) in [7, 11) is 3.07. The summed E-state index contributed by atoms with van der Waals surface area (Å²) in [5.74, 6) is 0.523. The fourth-order valence-electron chi connectivity index (χ4n) is 3.03. The first-order chi connectivity index (χ1) is 9.73. The normalized spacial score (nSPS) is 24.0. The van der Waals surface area contributed by atoms with E-state index in [1.807, 2.05) is 0 Å². The molecule has 7 heteroatoms. The van der Waals surface area contributed by atoms with E-state index in [9.17, 15) is 0 Å². The number of ether oxygens (including phenoxy) is 2. The van der Waals surface area contributed by atoms with Gasteiger partial charge in [0.1, 0.15) is 0 Å². The molecule has 1 aliphatic heterocycles. The number of methoxy groups -OCH3 is 2. The zero-order valence-electron chi connectivity index (χ0n) is 12.0. The lowest BCUT2D eigenvalue weighted by molar-refractivity contribution is 0.135. The highest BCUT2D eigenvalue weighted by molar-refractivity contribution is 5.30. The second-order valence-corrected chi connectivity index (χ2v) is 5.53. The number of piperidine rings is 1. The van der Waals surface area contributed by atoms with Crippen LogP contribution < -0.4 is 20.1 Å². The molecule has 1 unspecified atom stereocenters. The average Bonchev–Trinajstić information content (AvgIpc) is 2.45. The average molecular weight is 279 g/mol. The Kier molecular flexibility index (Phi) is 3.60. The molecule has 0 amide bonds. The van der Waals surface area contributed by atoms with Crippen LogP contribution >= 0.6 is 0 Å². The van der Waals surface area contributed by atoms with Gasteiger partial charge in [-0.3, -0.25) is 0 Å². The highest BCUT2D eigenvalue weighted by atomic mass is 16.5. The first kappa shape index (κ1) is 13.4. The molecule has 20 heavy (non-hydrogen) atoms. The van der Waals surface area contributed by atoms with E-state index in [4.69, 9.17) is 9.47 Å². The summed E-state index contributed by atoms with van der Waals surface area (Å²) in [5, 5.41) is 7.04. The Morgan fingerprint density at radius 2 is 1.85 bits per heavy atom. The molecule has 2 heterocycles. The molecule has 3 rings (SSSR count). The van der Waals surface area contributed by atoms with Gasteiger partial charge >= 0.3 is 12.0 Å². The number of hydrogen-bond donors (Lipinski definition) is 2. The zero-order chi connectivity index (χ0) is 14.0. The van der Waals surface area contributed by atoms with Crippen LogP contribution in [0.15, 0.2) is 0 Å². The fraction of sp³-hybridized carbons (Fsp3) is 0.769. The van der Waals surface area contributed by atoms with Gasteiger partial charge in [-0.1, -0.05) is 0 Å². The number of nitrogens with zero attached hydrogens (tertiary/aromatic N) is 3. The van der Waals surface area contributed by atoms with Gasteiger partial charge in [-0.05, 0) is 38.6 Å². The Bertz CT molecular complexity index is 456. The van der Waals surface area contributed by atoms with Gasteiger partial charge < -0.3 is 20.1 Å². The molecule has 2 aliphatic rings. The van der Waals surface area contributed by atoms with Gasteiger partial charge in [0.2, 0.25) is 5.95 Å².